The highest BCUT2D eigenvalue weighted by molar-refractivity contribution is 7.99. The summed E-state index contributed by atoms with van der Waals surface area (Å²) in [4.78, 5) is 12.0. The lowest BCUT2D eigenvalue weighted by atomic mass is 9.86. The lowest BCUT2D eigenvalue weighted by molar-refractivity contribution is -0.128. The van der Waals surface area contributed by atoms with Crippen LogP contribution in [-0.2, 0) is 9.53 Å². The van der Waals surface area contributed by atoms with E-state index in [-0.39, 0.29) is 17.3 Å². The molecule has 0 aliphatic carbocycles. The molecule has 0 aromatic rings. The summed E-state index contributed by atoms with van der Waals surface area (Å²) in [7, 11) is 1.70. The van der Waals surface area contributed by atoms with Crippen LogP contribution in [0.5, 0.6) is 0 Å². The van der Waals surface area contributed by atoms with Crippen molar-refractivity contribution in [3.8, 4) is 0 Å². The largest absolute Gasteiger partial charge is 0.380 e. The van der Waals surface area contributed by atoms with Gasteiger partial charge in [0.15, 0.2) is 0 Å². The number of ether oxygens (including phenoxy) is 1. The van der Waals surface area contributed by atoms with Crippen LogP contribution in [0.3, 0.4) is 0 Å². The van der Waals surface area contributed by atoms with Crippen LogP contribution < -0.4 is 0 Å². The molecule has 0 N–H and O–H groups in total. The lowest BCUT2D eigenvalue weighted by Gasteiger charge is -2.29. The Kier molecular flexibility index (Phi) is 6.64. The van der Waals surface area contributed by atoms with Gasteiger partial charge in [-0.25, -0.2) is 0 Å². The molecule has 96 valence electrons. The molecule has 3 heteroatoms. The van der Waals surface area contributed by atoms with Crippen molar-refractivity contribution in [1.82, 2.24) is 0 Å². The quantitative estimate of drug-likeness (QED) is 0.718. The SMILES string of the molecule is CO[C@H](CC(=O)C(C)(C)C)[C@@H](SC)C(C)C. The molecule has 0 aliphatic heterocycles. The first-order chi connectivity index (χ1) is 7.23. The van der Waals surface area contributed by atoms with Crippen molar-refractivity contribution in [2.24, 2.45) is 11.3 Å². The fourth-order valence-corrected chi connectivity index (χ4v) is 2.73. The molecule has 16 heavy (non-hydrogen) atoms. The van der Waals surface area contributed by atoms with Crippen LogP contribution in [0.1, 0.15) is 41.0 Å². The second kappa shape index (κ2) is 6.65. The van der Waals surface area contributed by atoms with Crippen molar-refractivity contribution in [2.75, 3.05) is 13.4 Å². The van der Waals surface area contributed by atoms with Crippen molar-refractivity contribution in [1.29, 1.82) is 0 Å². The van der Waals surface area contributed by atoms with Crippen molar-refractivity contribution in [2.45, 2.75) is 52.4 Å². The van der Waals surface area contributed by atoms with E-state index in [0.717, 1.165) is 0 Å². The minimum Gasteiger partial charge on any atom is -0.380 e. The van der Waals surface area contributed by atoms with E-state index in [1.807, 2.05) is 20.8 Å². The first-order valence-corrected chi connectivity index (χ1v) is 7.11. The predicted molar refractivity (Wildman–Crippen MR) is 72.0 cm³/mol. The number of ketones is 1. The minimum absolute atomic E-state index is 0.0294. The van der Waals surface area contributed by atoms with Crippen LogP contribution in [0.25, 0.3) is 0 Å². The molecule has 0 fully saturated rings. The van der Waals surface area contributed by atoms with Gasteiger partial charge in [-0.15, -0.1) is 0 Å². The van der Waals surface area contributed by atoms with E-state index >= 15 is 0 Å². The summed E-state index contributed by atoms with van der Waals surface area (Å²) >= 11 is 1.79. The van der Waals surface area contributed by atoms with Gasteiger partial charge in [-0.2, -0.15) is 11.8 Å². The number of hydrogen-bond acceptors (Lipinski definition) is 3. The Hall–Kier alpha value is -0.0200. The molecule has 0 aromatic carbocycles. The molecule has 0 saturated heterocycles. The first-order valence-electron chi connectivity index (χ1n) is 5.83. The number of rotatable bonds is 6. The number of Topliss-reactive ketones (excluding diaryl/α,β-unsaturated/α-hetero) is 1. The van der Waals surface area contributed by atoms with Gasteiger partial charge in [0.25, 0.3) is 0 Å². The summed E-state index contributed by atoms with van der Waals surface area (Å²) < 4.78 is 5.49. The highest BCUT2D eigenvalue weighted by Gasteiger charge is 2.30. The van der Waals surface area contributed by atoms with Gasteiger partial charge in [-0.05, 0) is 12.2 Å². The zero-order valence-electron chi connectivity index (χ0n) is 11.7. The number of thioether (sulfide) groups is 1. The second-order valence-corrected chi connectivity index (χ2v) is 6.61. The molecule has 0 aliphatic rings. The van der Waals surface area contributed by atoms with E-state index in [9.17, 15) is 4.79 Å². The summed E-state index contributed by atoms with van der Waals surface area (Å²) in [5.74, 6) is 0.798. The van der Waals surface area contributed by atoms with E-state index in [2.05, 4.69) is 20.1 Å². The molecule has 0 heterocycles. The highest BCUT2D eigenvalue weighted by atomic mass is 32.2. The second-order valence-electron chi connectivity index (χ2n) is 5.60. The molecule has 0 rings (SSSR count). The van der Waals surface area contributed by atoms with Gasteiger partial charge < -0.3 is 4.74 Å². The maximum Gasteiger partial charge on any atom is 0.140 e. The van der Waals surface area contributed by atoms with E-state index in [1.165, 1.54) is 0 Å². The zero-order chi connectivity index (χ0) is 12.9. The van der Waals surface area contributed by atoms with E-state index in [0.29, 0.717) is 17.6 Å². The van der Waals surface area contributed by atoms with E-state index in [4.69, 9.17) is 4.74 Å². The smallest absolute Gasteiger partial charge is 0.140 e. The molecule has 0 spiro atoms. The number of carbonyl (C=O) groups excluding carboxylic acids is 1. The summed E-state index contributed by atoms with van der Waals surface area (Å²) in [6.45, 7) is 10.2. The maximum atomic E-state index is 12.0. The molecular formula is C13H26O2S. The number of methoxy groups -OCH3 is 1. The minimum atomic E-state index is -0.267. The predicted octanol–water partition coefficient (Wildman–Crippen LogP) is 3.39. The topological polar surface area (TPSA) is 26.3 Å². The van der Waals surface area contributed by atoms with Gasteiger partial charge >= 0.3 is 0 Å². The summed E-state index contributed by atoms with van der Waals surface area (Å²) in [6.07, 6.45) is 2.63. The van der Waals surface area contributed by atoms with Crippen molar-refractivity contribution >= 4 is 17.5 Å². The summed E-state index contributed by atoms with van der Waals surface area (Å²) in [5, 5.41) is 0.385. The van der Waals surface area contributed by atoms with E-state index in [1.54, 1.807) is 18.9 Å². The third-order valence-electron chi connectivity index (χ3n) is 2.82. The van der Waals surface area contributed by atoms with Crippen molar-refractivity contribution in [3.05, 3.63) is 0 Å². The van der Waals surface area contributed by atoms with Crippen LogP contribution in [0, 0.1) is 11.3 Å². The summed E-state index contributed by atoms with van der Waals surface area (Å²) in [5.41, 5.74) is -0.267. The molecule has 2 atom stereocenters. The van der Waals surface area contributed by atoms with Crippen LogP contribution >= 0.6 is 11.8 Å². The van der Waals surface area contributed by atoms with Crippen LogP contribution in [0.15, 0.2) is 0 Å². The van der Waals surface area contributed by atoms with Crippen molar-refractivity contribution in [3.63, 3.8) is 0 Å². The van der Waals surface area contributed by atoms with Crippen LogP contribution in [0.2, 0.25) is 0 Å². The Labute approximate surface area is 105 Å². The monoisotopic (exact) mass is 246 g/mol. The number of carbonyl (C=O) groups is 1. The highest BCUT2D eigenvalue weighted by Crippen LogP contribution is 2.27. The third-order valence-corrected chi connectivity index (χ3v) is 4.21. The Morgan fingerprint density at radius 3 is 2.06 bits per heavy atom. The van der Waals surface area contributed by atoms with Gasteiger partial charge in [-0.1, -0.05) is 34.6 Å². The normalized spacial score (nSPS) is 16.2. The summed E-state index contributed by atoms with van der Waals surface area (Å²) in [6, 6.07) is 0. The molecular weight excluding hydrogens is 220 g/mol. The fraction of sp³-hybridized carbons (Fsp3) is 0.923. The fourth-order valence-electron chi connectivity index (χ4n) is 1.68. The molecule has 0 aromatic heterocycles. The molecule has 0 bridgehead atoms. The van der Waals surface area contributed by atoms with Gasteiger partial charge in [-0.3, -0.25) is 4.79 Å². The van der Waals surface area contributed by atoms with Crippen LogP contribution in [0.4, 0.5) is 0 Å². The van der Waals surface area contributed by atoms with Gasteiger partial charge in [0.05, 0.1) is 6.10 Å². The Bertz CT molecular complexity index is 218. The standard InChI is InChI=1S/C13H26O2S/c1-9(2)12(16-7)10(15-6)8-11(14)13(3,4)5/h9-10,12H,8H2,1-7H3/t10-,12+/m1/s1. The first kappa shape index (κ1) is 16.0. The molecule has 2 nitrogen and oxygen atoms in total. The van der Waals surface area contributed by atoms with Gasteiger partial charge in [0.1, 0.15) is 5.78 Å². The van der Waals surface area contributed by atoms with Gasteiger partial charge in [0, 0.05) is 24.2 Å². The molecule has 0 radical (unpaired) electrons. The molecule has 0 unspecified atom stereocenters. The maximum absolute atomic E-state index is 12.0. The third kappa shape index (κ3) is 4.88. The molecule has 0 amide bonds. The van der Waals surface area contributed by atoms with E-state index < -0.39 is 0 Å². The lowest BCUT2D eigenvalue weighted by Crippen LogP contribution is -2.35. The average molecular weight is 246 g/mol. The van der Waals surface area contributed by atoms with Crippen LogP contribution in [-0.4, -0.2) is 30.5 Å². The Morgan fingerprint density at radius 2 is 1.81 bits per heavy atom. The number of hydrogen-bond donors (Lipinski definition) is 0. The average Bonchev–Trinajstić information content (AvgIpc) is 2.14. The zero-order valence-corrected chi connectivity index (χ0v) is 12.5. The van der Waals surface area contributed by atoms with Gasteiger partial charge in [0.2, 0.25) is 0 Å². The molecule has 0 saturated carbocycles. The Morgan fingerprint density at radius 1 is 1.31 bits per heavy atom. The van der Waals surface area contributed by atoms with Crippen molar-refractivity contribution < 1.29 is 9.53 Å². The Balaban J connectivity index is 4.57.